The third-order valence-corrected chi connectivity index (χ3v) is 9.39. The van der Waals surface area contributed by atoms with Gasteiger partial charge in [0.25, 0.3) is 0 Å². The number of benzene rings is 6. The van der Waals surface area contributed by atoms with Gasteiger partial charge in [0.05, 0.1) is 5.56 Å². The fourth-order valence-corrected chi connectivity index (χ4v) is 7.06. The highest BCUT2D eigenvalue weighted by atomic mass is 16.3. The van der Waals surface area contributed by atoms with Gasteiger partial charge in [0.15, 0.2) is 17.5 Å². The van der Waals surface area contributed by atoms with Crippen molar-refractivity contribution >= 4 is 50.0 Å². The van der Waals surface area contributed by atoms with Crippen LogP contribution in [-0.2, 0) is 6.42 Å². The van der Waals surface area contributed by atoms with Crippen LogP contribution in [0.2, 0.25) is 0 Å². The Hall–Kier alpha value is -6.33. The van der Waals surface area contributed by atoms with E-state index in [2.05, 4.69) is 60.7 Å². The lowest BCUT2D eigenvalue weighted by atomic mass is 9.92. The molecule has 0 atom stereocenters. The van der Waals surface area contributed by atoms with E-state index < -0.39 is 0 Å². The average Bonchev–Trinajstić information content (AvgIpc) is 3.73. The van der Waals surface area contributed by atoms with Gasteiger partial charge in [-0.05, 0) is 71.5 Å². The summed E-state index contributed by atoms with van der Waals surface area (Å²) in [6.07, 6.45) is 6.62. The lowest BCUT2D eigenvalue weighted by Gasteiger charge is -2.14. The standard InChI is InChI=1S/C43H27N3O2/c1-2-12-27(13-3-1)41-44-42(34-18-10-17-32-31-15-6-8-19-36(31)48-40(32)34)46-43(45-41)35-24-30(29-22-21-26-11-4-5-14-28(26)23-29)25-38-39(35)33-16-7-9-20-37(33)47-38/h1-3,5-10,12-25H,4,11H2. The molecule has 0 radical (unpaired) electrons. The van der Waals surface area contributed by atoms with Crippen LogP contribution in [0.5, 0.6) is 0 Å². The smallest absolute Gasteiger partial charge is 0.167 e. The normalized spacial score (nSPS) is 12.8. The molecule has 10 rings (SSSR count). The van der Waals surface area contributed by atoms with Crippen molar-refractivity contribution < 1.29 is 8.83 Å². The van der Waals surface area contributed by atoms with E-state index in [1.807, 2.05) is 78.9 Å². The van der Waals surface area contributed by atoms with Crippen molar-refractivity contribution in [1.29, 1.82) is 0 Å². The number of aryl methyl sites for hydroxylation is 1. The van der Waals surface area contributed by atoms with Crippen molar-refractivity contribution in [1.82, 2.24) is 15.0 Å². The number of para-hydroxylation sites is 3. The van der Waals surface area contributed by atoms with E-state index in [0.717, 1.165) is 84.5 Å². The summed E-state index contributed by atoms with van der Waals surface area (Å²) in [7, 11) is 0. The maximum absolute atomic E-state index is 6.51. The van der Waals surface area contributed by atoms with Crippen LogP contribution in [0, 0.1) is 0 Å². The van der Waals surface area contributed by atoms with Crippen molar-refractivity contribution in [2.45, 2.75) is 12.8 Å². The number of aromatic nitrogens is 3. The number of fused-ring (bicyclic) bond motifs is 7. The minimum atomic E-state index is 0.550. The van der Waals surface area contributed by atoms with Crippen molar-refractivity contribution in [2.24, 2.45) is 0 Å². The number of nitrogens with zero attached hydrogens (tertiary/aromatic N) is 3. The number of furan rings is 2. The molecule has 9 aromatic rings. The fourth-order valence-electron chi connectivity index (χ4n) is 7.06. The van der Waals surface area contributed by atoms with E-state index in [4.69, 9.17) is 23.8 Å². The van der Waals surface area contributed by atoms with Gasteiger partial charge in [-0.3, -0.25) is 0 Å². The maximum atomic E-state index is 6.51. The topological polar surface area (TPSA) is 65.0 Å². The van der Waals surface area contributed by atoms with Gasteiger partial charge >= 0.3 is 0 Å². The second-order valence-electron chi connectivity index (χ2n) is 12.3. The first kappa shape index (κ1) is 26.8. The molecule has 0 saturated carbocycles. The molecule has 0 saturated heterocycles. The van der Waals surface area contributed by atoms with Crippen LogP contribution in [0.1, 0.15) is 17.5 Å². The molecule has 5 nitrogen and oxygen atoms in total. The number of hydrogen-bond acceptors (Lipinski definition) is 5. The zero-order valence-corrected chi connectivity index (χ0v) is 25.9. The monoisotopic (exact) mass is 617 g/mol. The lowest BCUT2D eigenvalue weighted by Crippen LogP contribution is -2.01. The zero-order chi connectivity index (χ0) is 31.6. The third kappa shape index (κ3) is 4.28. The number of rotatable bonds is 4. The minimum Gasteiger partial charge on any atom is -0.456 e. The van der Waals surface area contributed by atoms with Crippen molar-refractivity contribution in [3.63, 3.8) is 0 Å². The van der Waals surface area contributed by atoms with Gasteiger partial charge in [0.2, 0.25) is 0 Å². The predicted molar refractivity (Wildman–Crippen MR) is 193 cm³/mol. The number of hydrogen-bond donors (Lipinski definition) is 0. The molecule has 0 aliphatic heterocycles. The molecule has 48 heavy (non-hydrogen) atoms. The van der Waals surface area contributed by atoms with Crippen LogP contribution in [-0.4, -0.2) is 15.0 Å². The SMILES string of the molecule is C1=Cc2cc(-c3cc(-c4nc(-c5ccccc5)nc(-c5cccc6c5oc5ccccc56)n4)c4c(c3)oc3ccccc34)ccc2CC1. The Bertz CT molecular complexity index is 2740. The van der Waals surface area contributed by atoms with E-state index in [1.165, 1.54) is 11.1 Å². The molecule has 0 unspecified atom stereocenters. The lowest BCUT2D eigenvalue weighted by molar-refractivity contribution is 0.668. The summed E-state index contributed by atoms with van der Waals surface area (Å²) in [4.78, 5) is 15.4. The highest BCUT2D eigenvalue weighted by molar-refractivity contribution is 6.13. The summed E-state index contributed by atoms with van der Waals surface area (Å²) in [6, 6.07) is 43.6. The molecule has 1 aliphatic rings. The van der Waals surface area contributed by atoms with Crippen LogP contribution >= 0.6 is 0 Å². The van der Waals surface area contributed by atoms with Crippen LogP contribution in [0.4, 0.5) is 0 Å². The maximum Gasteiger partial charge on any atom is 0.167 e. The summed E-state index contributed by atoms with van der Waals surface area (Å²) in [5.41, 5.74) is 10.6. The fraction of sp³-hybridized carbons (Fsp3) is 0.0465. The Kier molecular flexibility index (Phi) is 5.93. The largest absolute Gasteiger partial charge is 0.456 e. The van der Waals surface area contributed by atoms with E-state index >= 15 is 0 Å². The second-order valence-corrected chi connectivity index (χ2v) is 12.3. The highest BCUT2D eigenvalue weighted by Gasteiger charge is 2.22. The molecule has 0 N–H and O–H groups in total. The first-order chi connectivity index (χ1) is 23.8. The quantitative estimate of drug-likeness (QED) is 0.197. The summed E-state index contributed by atoms with van der Waals surface area (Å²) in [5, 5.41) is 4.08. The highest BCUT2D eigenvalue weighted by Crippen LogP contribution is 2.41. The van der Waals surface area contributed by atoms with Crippen LogP contribution < -0.4 is 0 Å². The van der Waals surface area contributed by atoms with Gasteiger partial charge in [0.1, 0.15) is 22.3 Å². The Morgan fingerprint density at radius 1 is 0.479 bits per heavy atom. The molecule has 3 aromatic heterocycles. The first-order valence-corrected chi connectivity index (χ1v) is 16.2. The van der Waals surface area contributed by atoms with Crippen molar-refractivity contribution in [2.75, 3.05) is 0 Å². The molecule has 0 amide bonds. The van der Waals surface area contributed by atoms with Gasteiger partial charge in [-0.15, -0.1) is 0 Å². The molecule has 226 valence electrons. The Morgan fingerprint density at radius 3 is 2.08 bits per heavy atom. The summed E-state index contributed by atoms with van der Waals surface area (Å²) in [6.45, 7) is 0. The Balaban J connectivity index is 1.27. The summed E-state index contributed by atoms with van der Waals surface area (Å²) < 4.78 is 13.0. The second kappa shape index (κ2) is 10.6. The molecule has 0 fully saturated rings. The molecular weight excluding hydrogens is 590 g/mol. The molecule has 3 heterocycles. The molecular formula is C43H27N3O2. The van der Waals surface area contributed by atoms with E-state index in [0.29, 0.717) is 17.5 Å². The first-order valence-electron chi connectivity index (χ1n) is 16.2. The van der Waals surface area contributed by atoms with Gasteiger partial charge < -0.3 is 8.83 Å². The predicted octanol–water partition coefficient (Wildman–Crippen LogP) is 11.3. The Morgan fingerprint density at radius 2 is 1.21 bits per heavy atom. The van der Waals surface area contributed by atoms with E-state index in [9.17, 15) is 0 Å². The van der Waals surface area contributed by atoms with E-state index in [-0.39, 0.29) is 0 Å². The van der Waals surface area contributed by atoms with Crippen LogP contribution in [0.3, 0.4) is 0 Å². The molecule has 0 bridgehead atoms. The van der Waals surface area contributed by atoms with E-state index in [1.54, 1.807) is 0 Å². The van der Waals surface area contributed by atoms with Gasteiger partial charge in [-0.25, -0.2) is 15.0 Å². The molecule has 6 aromatic carbocycles. The minimum absolute atomic E-state index is 0.550. The molecule has 5 heteroatoms. The summed E-state index contributed by atoms with van der Waals surface area (Å²) >= 11 is 0. The third-order valence-electron chi connectivity index (χ3n) is 9.39. The van der Waals surface area contributed by atoms with Crippen LogP contribution in [0.15, 0.2) is 142 Å². The van der Waals surface area contributed by atoms with Crippen LogP contribution in [0.25, 0.3) is 95.2 Å². The van der Waals surface area contributed by atoms with Gasteiger partial charge in [0, 0.05) is 32.7 Å². The Labute approximate surface area is 275 Å². The summed E-state index contributed by atoms with van der Waals surface area (Å²) in [5.74, 6) is 1.71. The molecule has 0 spiro atoms. The average molecular weight is 618 g/mol. The van der Waals surface area contributed by atoms with Crippen molar-refractivity contribution in [3.05, 3.63) is 145 Å². The molecule has 1 aliphatic carbocycles. The van der Waals surface area contributed by atoms with Gasteiger partial charge in [-0.1, -0.05) is 103 Å². The number of allylic oxidation sites excluding steroid dienone is 1. The van der Waals surface area contributed by atoms with Gasteiger partial charge in [-0.2, -0.15) is 0 Å². The van der Waals surface area contributed by atoms with Crippen molar-refractivity contribution in [3.8, 4) is 45.3 Å². The zero-order valence-electron chi connectivity index (χ0n) is 25.9.